The van der Waals surface area contributed by atoms with Crippen LogP contribution in [0.2, 0.25) is 0 Å². The molecule has 2 aromatic carbocycles. The van der Waals surface area contributed by atoms with Crippen molar-refractivity contribution >= 4 is 31.5 Å². The van der Waals surface area contributed by atoms with Crippen molar-refractivity contribution in [1.82, 2.24) is 5.32 Å². The third-order valence-corrected chi connectivity index (χ3v) is 4.79. The van der Waals surface area contributed by atoms with Gasteiger partial charge in [0, 0.05) is 28.7 Å². The number of halogens is 1. The van der Waals surface area contributed by atoms with Gasteiger partial charge in [-0.15, -0.1) is 0 Å². The summed E-state index contributed by atoms with van der Waals surface area (Å²) < 4.78 is 27.5. The van der Waals surface area contributed by atoms with E-state index in [2.05, 4.69) is 10.0 Å². The predicted molar refractivity (Wildman–Crippen MR) is 96.4 cm³/mol. The zero-order valence-corrected chi connectivity index (χ0v) is 14.7. The van der Waals surface area contributed by atoms with Crippen molar-refractivity contribution in [3.63, 3.8) is 0 Å². The average Bonchev–Trinajstić information content (AvgIpc) is 2.88. The monoisotopic (exact) mass is 364 g/mol. The highest BCUT2D eigenvalue weighted by Gasteiger charge is 2.24. The van der Waals surface area contributed by atoms with Gasteiger partial charge in [0.15, 0.2) is 0 Å². The van der Waals surface area contributed by atoms with Crippen LogP contribution in [0.3, 0.4) is 0 Å². The van der Waals surface area contributed by atoms with Crippen molar-refractivity contribution in [1.29, 1.82) is 0 Å². The first-order chi connectivity index (χ1) is 11.3. The van der Waals surface area contributed by atoms with Crippen LogP contribution in [0.5, 0.6) is 0 Å². The van der Waals surface area contributed by atoms with Crippen LogP contribution in [-0.2, 0) is 26.3 Å². The van der Waals surface area contributed by atoms with Crippen LogP contribution in [0, 0.1) is 5.82 Å². The molecule has 2 aromatic rings. The molecule has 0 saturated carbocycles. The second kappa shape index (κ2) is 6.49. The van der Waals surface area contributed by atoms with E-state index in [1.165, 1.54) is 18.4 Å². The molecule has 0 aliphatic heterocycles. The molecular formula is C17H17FN2O2S2. The molecule has 4 nitrogen and oxygen atoms in total. The summed E-state index contributed by atoms with van der Waals surface area (Å²) in [5.74, 6) is -0.447. The van der Waals surface area contributed by atoms with E-state index < -0.39 is 8.68 Å². The van der Waals surface area contributed by atoms with E-state index in [0.717, 1.165) is 24.0 Å². The standard InChI is InChI=1S/C17H17FN2O2S2/c1-24(22,23)20-14-6-2-11(3-7-14)17(21)19-16-9-4-12-10-13(18)5-8-15(12)16/h2-3,5-8,10,16,20H,4,9H2,1H3,(H,19,21). The minimum absolute atomic E-state index is 0.104. The SMILES string of the molecule is CS(=O)(=S)Nc1ccc(C(=O)NC2CCc3cc(F)ccc32)cc1. The predicted octanol–water partition coefficient (Wildman–Crippen LogP) is 2.95. The minimum atomic E-state index is -2.51. The summed E-state index contributed by atoms with van der Waals surface area (Å²) in [4.78, 5) is 12.4. The number of hydrogen-bond donors (Lipinski definition) is 2. The van der Waals surface area contributed by atoms with Crippen molar-refractivity contribution in [2.75, 3.05) is 11.0 Å². The number of hydrogen-bond acceptors (Lipinski definition) is 3. The van der Waals surface area contributed by atoms with Crippen molar-refractivity contribution in [2.24, 2.45) is 0 Å². The summed E-state index contributed by atoms with van der Waals surface area (Å²) in [6, 6.07) is 11.2. The van der Waals surface area contributed by atoms with E-state index in [1.807, 2.05) is 0 Å². The molecule has 2 unspecified atom stereocenters. The van der Waals surface area contributed by atoms with Crippen LogP contribution in [0.15, 0.2) is 42.5 Å². The van der Waals surface area contributed by atoms with E-state index in [1.54, 1.807) is 30.3 Å². The molecule has 1 aliphatic carbocycles. The Morgan fingerprint density at radius 3 is 2.62 bits per heavy atom. The Hall–Kier alpha value is -1.99. The Kier molecular flexibility index (Phi) is 4.56. The molecular weight excluding hydrogens is 347 g/mol. The van der Waals surface area contributed by atoms with Gasteiger partial charge in [0.25, 0.3) is 5.91 Å². The lowest BCUT2D eigenvalue weighted by atomic mass is 10.1. The van der Waals surface area contributed by atoms with Gasteiger partial charge in [0.1, 0.15) is 14.5 Å². The lowest BCUT2D eigenvalue weighted by Gasteiger charge is -2.14. The van der Waals surface area contributed by atoms with E-state index in [-0.39, 0.29) is 17.8 Å². The molecule has 7 heteroatoms. The number of carbonyl (C=O) groups excluding carboxylic acids is 1. The van der Waals surface area contributed by atoms with Crippen molar-refractivity contribution in [3.8, 4) is 0 Å². The van der Waals surface area contributed by atoms with E-state index in [0.29, 0.717) is 11.3 Å². The highest BCUT2D eigenvalue weighted by atomic mass is 32.8. The van der Waals surface area contributed by atoms with Crippen LogP contribution < -0.4 is 10.0 Å². The van der Waals surface area contributed by atoms with Crippen LogP contribution >= 0.6 is 0 Å². The number of anilines is 1. The van der Waals surface area contributed by atoms with Crippen LogP contribution in [0.25, 0.3) is 0 Å². The summed E-state index contributed by atoms with van der Waals surface area (Å²) in [5, 5.41) is 2.98. The lowest BCUT2D eigenvalue weighted by Crippen LogP contribution is -2.27. The van der Waals surface area contributed by atoms with Crippen molar-refractivity contribution < 1.29 is 13.4 Å². The van der Waals surface area contributed by atoms with Gasteiger partial charge in [-0.25, -0.2) is 8.60 Å². The molecule has 0 fully saturated rings. The van der Waals surface area contributed by atoms with Crippen LogP contribution in [0.4, 0.5) is 10.1 Å². The first kappa shape index (κ1) is 16.9. The molecule has 126 valence electrons. The fourth-order valence-corrected chi connectivity index (χ4v) is 3.73. The van der Waals surface area contributed by atoms with Crippen LogP contribution in [-0.4, -0.2) is 16.4 Å². The summed E-state index contributed by atoms with van der Waals surface area (Å²) in [6.45, 7) is 0. The van der Waals surface area contributed by atoms with E-state index in [9.17, 15) is 13.4 Å². The molecule has 0 aromatic heterocycles. The van der Waals surface area contributed by atoms with Gasteiger partial charge in [-0.05, 0) is 60.4 Å². The van der Waals surface area contributed by atoms with E-state index in [4.69, 9.17) is 11.2 Å². The first-order valence-electron chi connectivity index (χ1n) is 7.49. The molecule has 2 N–H and O–H groups in total. The summed E-state index contributed by atoms with van der Waals surface area (Å²) in [5.41, 5.74) is 3.03. The van der Waals surface area contributed by atoms with Gasteiger partial charge in [-0.1, -0.05) is 6.07 Å². The van der Waals surface area contributed by atoms with Gasteiger partial charge < -0.3 is 10.0 Å². The molecule has 1 amide bonds. The minimum Gasteiger partial charge on any atom is -0.345 e. The molecule has 3 rings (SSSR count). The zero-order chi connectivity index (χ0) is 17.3. The van der Waals surface area contributed by atoms with Gasteiger partial charge in [-0.2, -0.15) is 0 Å². The maximum Gasteiger partial charge on any atom is 0.251 e. The number of rotatable bonds is 4. The fraction of sp³-hybridized carbons (Fsp3) is 0.235. The lowest BCUT2D eigenvalue weighted by molar-refractivity contribution is 0.0937. The number of aryl methyl sites for hydroxylation is 1. The molecule has 1 aliphatic rings. The average molecular weight is 364 g/mol. The van der Waals surface area contributed by atoms with Crippen molar-refractivity contribution in [3.05, 3.63) is 65.0 Å². The Morgan fingerprint density at radius 1 is 1.25 bits per heavy atom. The maximum absolute atomic E-state index is 13.3. The van der Waals surface area contributed by atoms with Gasteiger partial charge in [0.05, 0.1) is 6.04 Å². The Morgan fingerprint density at radius 2 is 1.96 bits per heavy atom. The molecule has 0 radical (unpaired) electrons. The fourth-order valence-electron chi connectivity index (χ4n) is 2.88. The summed E-state index contributed by atoms with van der Waals surface area (Å²) in [6.07, 6.45) is 2.95. The van der Waals surface area contributed by atoms with Gasteiger partial charge >= 0.3 is 0 Å². The number of benzene rings is 2. The first-order valence-corrected chi connectivity index (χ1v) is 10.4. The topological polar surface area (TPSA) is 58.2 Å². The number of fused-ring (bicyclic) bond motifs is 1. The molecule has 2 atom stereocenters. The second-order valence-electron chi connectivity index (χ2n) is 5.86. The molecule has 24 heavy (non-hydrogen) atoms. The maximum atomic E-state index is 13.3. The second-order valence-corrected chi connectivity index (χ2v) is 9.52. The van der Waals surface area contributed by atoms with Crippen molar-refractivity contribution in [2.45, 2.75) is 18.9 Å². The smallest absolute Gasteiger partial charge is 0.251 e. The van der Waals surface area contributed by atoms with E-state index >= 15 is 0 Å². The summed E-state index contributed by atoms with van der Waals surface area (Å²) >= 11 is 4.80. The highest BCUT2D eigenvalue weighted by molar-refractivity contribution is 8.33. The third-order valence-electron chi connectivity index (χ3n) is 3.94. The van der Waals surface area contributed by atoms with Gasteiger partial charge in [-0.3, -0.25) is 4.79 Å². The normalized spacial score (nSPS) is 18.5. The summed E-state index contributed by atoms with van der Waals surface area (Å²) in [7, 11) is -2.51. The zero-order valence-electron chi connectivity index (χ0n) is 13.0. The molecule has 0 spiro atoms. The van der Waals surface area contributed by atoms with Gasteiger partial charge in [0.2, 0.25) is 0 Å². The largest absolute Gasteiger partial charge is 0.345 e. The number of carbonyl (C=O) groups is 1. The Bertz CT molecular complexity index is 880. The third kappa shape index (κ3) is 3.91. The highest BCUT2D eigenvalue weighted by Crippen LogP contribution is 2.31. The molecule has 0 bridgehead atoms. The number of amides is 1. The molecule has 0 heterocycles. The number of nitrogens with one attached hydrogen (secondary N) is 2. The van der Waals surface area contributed by atoms with Crippen LogP contribution in [0.1, 0.15) is 33.9 Å². The molecule has 0 saturated heterocycles. The quantitative estimate of drug-likeness (QED) is 0.877. The Labute approximate surface area is 145 Å². The Balaban J connectivity index is 1.70.